The molecule has 0 saturated carbocycles. The molecule has 152 valence electrons. The Balaban J connectivity index is 1.48. The molecule has 0 atom stereocenters. The molecule has 4 rings (SSSR count). The minimum absolute atomic E-state index is 0.150. The van der Waals surface area contributed by atoms with Crippen molar-refractivity contribution in [1.29, 1.82) is 5.26 Å². The predicted molar refractivity (Wildman–Crippen MR) is 117 cm³/mol. The second kappa shape index (κ2) is 8.64. The number of rotatable bonds is 5. The molecule has 0 aliphatic heterocycles. The molecule has 1 aromatic heterocycles. The zero-order valence-electron chi connectivity index (χ0n) is 17.2. The van der Waals surface area contributed by atoms with Crippen molar-refractivity contribution in [2.45, 2.75) is 20.4 Å². The Labute approximate surface area is 180 Å². The molecule has 0 spiro atoms. The van der Waals surface area contributed by atoms with Gasteiger partial charge in [0.05, 0.1) is 11.6 Å². The van der Waals surface area contributed by atoms with Crippen molar-refractivity contribution in [3.8, 4) is 28.7 Å². The molecule has 0 fully saturated rings. The third-order valence-electron chi connectivity index (χ3n) is 5.00. The molecule has 1 N–H and O–H groups in total. The fourth-order valence-corrected chi connectivity index (χ4v) is 3.26. The predicted octanol–water partition coefficient (Wildman–Crippen LogP) is 4.82. The summed E-state index contributed by atoms with van der Waals surface area (Å²) >= 11 is 0. The molecule has 1 amide bonds. The number of hydrogen-bond acceptors (Lipinski definition) is 5. The Bertz CT molecular complexity index is 1270. The summed E-state index contributed by atoms with van der Waals surface area (Å²) in [6.45, 7) is 4.20. The fraction of sp³-hybridized carbons (Fsp3) is 0.120. The highest BCUT2D eigenvalue weighted by molar-refractivity contribution is 5.94. The average Bonchev–Trinajstić information content (AvgIpc) is 3.24. The van der Waals surface area contributed by atoms with E-state index in [1.165, 1.54) is 0 Å². The molecule has 0 saturated heterocycles. The number of amides is 1. The Morgan fingerprint density at radius 1 is 0.968 bits per heavy atom. The summed E-state index contributed by atoms with van der Waals surface area (Å²) in [5, 5.41) is 19.7. The van der Waals surface area contributed by atoms with Gasteiger partial charge in [-0.25, -0.2) is 0 Å². The minimum atomic E-state index is -0.150. The van der Waals surface area contributed by atoms with Crippen molar-refractivity contribution >= 4 is 5.91 Å². The van der Waals surface area contributed by atoms with Gasteiger partial charge < -0.3 is 9.73 Å². The van der Waals surface area contributed by atoms with Gasteiger partial charge in [0.25, 0.3) is 5.91 Å². The van der Waals surface area contributed by atoms with Crippen molar-refractivity contribution in [2.75, 3.05) is 0 Å². The van der Waals surface area contributed by atoms with E-state index < -0.39 is 0 Å². The SMILES string of the molecule is Cc1nnc(-c2ccc(C)c(-c3ccc(C(=O)NCc4ccc(C#N)cc4)cc3)c2)o1. The summed E-state index contributed by atoms with van der Waals surface area (Å²) < 4.78 is 5.54. The summed E-state index contributed by atoms with van der Waals surface area (Å²) in [4.78, 5) is 12.5. The summed E-state index contributed by atoms with van der Waals surface area (Å²) in [5.41, 5.74) is 6.12. The van der Waals surface area contributed by atoms with Crippen LogP contribution in [0.15, 0.2) is 71.1 Å². The average molecular weight is 408 g/mol. The van der Waals surface area contributed by atoms with Crippen LogP contribution >= 0.6 is 0 Å². The van der Waals surface area contributed by atoms with Crippen LogP contribution in [0, 0.1) is 25.2 Å². The van der Waals surface area contributed by atoms with Gasteiger partial charge in [0.15, 0.2) is 0 Å². The fourth-order valence-electron chi connectivity index (χ4n) is 3.26. The van der Waals surface area contributed by atoms with Gasteiger partial charge in [-0.1, -0.05) is 30.3 Å². The first kappa shape index (κ1) is 20.0. The third-order valence-corrected chi connectivity index (χ3v) is 5.00. The van der Waals surface area contributed by atoms with E-state index in [4.69, 9.17) is 9.68 Å². The van der Waals surface area contributed by atoms with Gasteiger partial charge in [0.2, 0.25) is 11.8 Å². The first-order valence-corrected chi connectivity index (χ1v) is 9.82. The molecule has 3 aromatic carbocycles. The van der Waals surface area contributed by atoms with E-state index in [0.29, 0.717) is 29.5 Å². The highest BCUT2D eigenvalue weighted by Crippen LogP contribution is 2.29. The lowest BCUT2D eigenvalue weighted by atomic mass is 9.97. The molecular weight excluding hydrogens is 388 g/mol. The molecule has 0 bridgehead atoms. The molecule has 0 radical (unpaired) electrons. The van der Waals surface area contributed by atoms with Crippen molar-refractivity contribution in [1.82, 2.24) is 15.5 Å². The van der Waals surface area contributed by atoms with E-state index in [9.17, 15) is 4.79 Å². The smallest absolute Gasteiger partial charge is 0.251 e. The first-order chi connectivity index (χ1) is 15.0. The number of carbonyl (C=O) groups excluding carboxylic acids is 1. The molecule has 6 heteroatoms. The van der Waals surface area contributed by atoms with Crippen molar-refractivity contribution in [3.05, 3.63) is 94.9 Å². The lowest BCUT2D eigenvalue weighted by molar-refractivity contribution is 0.0951. The highest BCUT2D eigenvalue weighted by atomic mass is 16.4. The second-order valence-corrected chi connectivity index (χ2v) is 7.22. The number of hydrogen-bond donors (Lipinski definition) is 1. The van der Waals surface area contributed by atoms with Crippen molar-refractivity contribution in [3.63, 3.8) is 0 Å². The maximum Gasteiger partial charge on any atom is 0.251 e. The Hall–Kier alpha value is -4.24. The van der Waals surface area contributed by atoms with Crippen LogP contribution in [0.25, 0.3) is 22.6 Å². The largest absolute Gasteiger partial charge is 0.421 e. The van der Waals surface area contributed by atoms with Crippen molar-refractivity contribution in [2.24, 2.45) is 0 Å². The van der Waals surface area contributed by atoms with E-state index in [1.807, 2.05) is 61.5 Å². The molecule has 0 aliphatic rings. The van der Waals surface area contributed by atoms with Gasteiger partial charge in [0.1, 0.15) is 0 Å². The first-order valence-electron chi connectivity index (χ1n) is 9.82. The lowest BCUT2D eigenvalue weighted by Crippen LogP contribution is -2.22. The van der Waals surface area contributed by atoms with Gasteiger partial charge in [-0.15, -0.1) is 10.2 Å². The molecular formula is C25H20N4O2. The topological polar surface area (TPSA) is 91.8 Å². The van der Waals surface area contributed by atoms with Crippen LogP contribution in [0.4, 0.5) is 0 Å². The zero-order chi connectivity index (χ0) is 21.8. The quantitative estimate of drug-likeness (QED) is 0.511. The van der Waals surface area contributed by atoms with Crippen molar-refractivity contribution < 1.29 is 9.21 Å². The molecule has 0 aliphatic carbocycles. The molecule has 0 unspecified atom stereocenters. The normalized spacial score (nSPS) is 10.5. The molecule has 4 aromatic rings. The van der Waals surface area contributed by atoms with Gasteiger partial charge >= 0.3 is 0 Å². The highest BCUT2D eigenvalue weighted by Gasteiger charge is 2.11. The summed E-state index contributed by atoms with van der Waals surface area (Å²) in [7, 11) is 0. The van der Waals surface area contributed by atoms with E-state index in [2.05, 4.69) is 21.6 Å². The number of nitrogens with one attached hydrogen (secondary N) is 1. The number of benzene rings is 3. The Kier molecular flexibility index (Phi) is 5.59. The summed E-state index contributed by atoms with van der Waals surface area (Å²) in [6, 6.07) is 22.7. The monoisotopic (exact) mass is 408 g/mol. The van der Waals surface area contributed by atoms with E-state index in [1.54, 1.807) is 19.1 Å². The van der Waals surface area contributed by atoms with Crippen LogP contribution in [0.1, 0.15) is 32.9 Å². The third kappa shape index (κ3) is 4.51. The number of aromatic nitrogens is 2. The van der Waals surface area contributed by atoms with Gasteiger partial charge in [-0.2, -0.15) is 5.26 Å². The van der Waals surface area contributed by atoms with E-state index in [-0.39, 0.29) is 5.91 Å². The van der Waals surface area contributed by atoms with E-state index in [0.717, 1.165) is 27.8 Å². The second-order valence-electron chi connectivity index (χ2n) is 7.22. The van der Waals surface area contributed by atoms with Crippen LogP contribution in [-0.4, -0.2) is 16.1 Å². The number of carbonyl (C=O) groups is 1. The van der Waals surface area contributed by atoms with Gasteiger partial charge in [0, 0.05) is 24.6 Å². The zero-order valence-corrected chi connectivity index (χ0v) is 17.2. The van der Waals surface area contributed by atoms with Crippen LogP contribution in [0.2, 0.25) is 0 Å². The minimum Gasteiger partial charge on any atom is -0.421 e. The number of aryl methyl sites for hydroxylation is 2. The Morgan fingerprint density at radius 3 is 2.32 bits per heavy atom. The maximum absolute atomic E-state index is 12.5. The van der Waals surface area contributed by atoms with Crippen LogP contribution in [0.5, 0.6) is 0 Å². The Morgan fingerprint density at radius 2 is 1.68 bits per heavy atom. The molecule has 31 heavy (non-hydrogen) atoms. The molecule has 6 nitrogen and oxygen atoms in total. The van der Waals surface area contributed by atoms with Crippen LogP contribution in [0.3, 0.4) is 0 Å². The summed E-state index contributed by atoms with van der Waals surface area (Å²) in [6.07, 6.45) is 0. The van der Waals surface area contributed by atoms with Crippen LogP contribution < -0.4 is 5.32 Å². The maximum atomic E-state index is 12.5. The van der Waals surface area contributed by atoms with Crippen LogP contribution in [-0.2, 0) is 6.54 Å². The lowest BCUT2D eigenvalue weighted by Gasteiger charge is -2.10. The molecule has 1 heterocycles. The number of nitrogens with zero attached hydrogens (tertiary/aromatic N) is 3. The van der Waals surface area contributed by atoms with E-state index >= 15 is 0 Å². The van der Waals surface area contributed by atoms with Gasteiger partial charge in [-0.05, 0) is 65.6 Å². The summed E-state index contributed by atoms with van der Waals surface area (Å²) in [5.74, 6) is 0.855. The standard InChI is InChI=1S/C25H20N4O2/c1-16-3-8-22(25-29-28-17(2)31-25)13-23(16)20-9-11-21(12-10-20)24(30)27-15-19-6-4-18(14-26)5-7-19/h3-13H,15H2,1-2H3,(H,27,30). The van der Waals surface area contributed by atoms with Gasteiger partial charge in [-0.3, -0.25) is 4.79 Å². The number of nitriles is 1.